The Morgan fingerprint density at radius 1 is 1.21 bits per heavy atom. The second-order valence-electron chi connectivity index (χ2n) is 6.40. The second kappa shape index (κ2) is 9.75. The van der Waals surface area contributed by atoms with Crippen LogP contribution in [0.4, 0.5) is 0 Å². The van der Waals surface area contributed by atoms with Crippen molar-refractivity contribution < 1.29 is 4.79 Å². The third-order valence-electron chi connectivity index (χ3n) is 4.23. The van der Waals surface area contributed by atoms with Crippen molar-refractivity contribution >= 4 is 40.2 Å². The lowest BCUT2D eigenvalue weighted by Crippen LogP contribution is -2.33. The van der Waals surface area contributed by atoms with Crippen LogP contribution in [0.1, 0.15) is 25.6 Å². The molecule has 1 N–H and O–H groups in total. The molecule has 0 saturated heterocycles. The maximum atomic E-state index is 12.7. The highest BCUT2D eigenvalue weighted by molar-refractivity contribution is 7.99. The van der Waals surface area contributed by atoms with Gasteiger partial charge < -0.3 is 9.88 Å². The number of carbonyl (C=O) groups excluding carboxylic acids is 1. The highest BCUT2D eigenvalue weighted by atomic mass is 35.5. The number of halogens is 1. The number of amides is 1. The van der Waals surface area contributed by atoms with Gasteiger partial charge in [0, 0.05) is 28.6 Å². The molecule has 0 aliphatic rings. The molecule has 2 aromatic carbocycles. The molecule has 0 aliphatic heterocycles. The molecule has 5 nitrogen and oxygen atoms in total. The third kappa shape index (κ3) is 5.36. The lowest BCUT2D eigenvalue weighted by atomic mass is 10.2. The van der Waals surface area contributed by atoms with Gasteiger partial charge in [0.15, 0.2) is 0 Å². The molecule has 3 aromatic rings. The summed E-state index contributed by atoms with van der Waals surface area (Å²) in [7, 11) is 0. The Morgan fingerprint density at radius 3 is 2.75 bits per heavy atom. The molecule has 3 rings (SSSR count). The smallest absolute Gasteiger partial charge is 0.258 e. The Kier molecular flexibility index (Phi) is 7.12. The zero-order chi connectivity index (χ0) is 19.9. The van der Waals surface area contributed by atoms with E-state index in [-0.39, 0.29) is 18.0 Å². The molecule has 1 heterocycles. The first-order valence-electron chi connectivity index (χ1n) is 9.21. The van der Waals surface area contributed by atoms with E-state index in [0.717, 1.165) is 11.3 Å². The molecular formula is C21H22ClN3O2S. The van der Waals surface area contributed by atoms with E-state index in [9.17, 15) is 9.59 Å². The van der Waals surface area contributed by atoms with Gasteiger partial charge in [-0.1, -0.05) is 36.7 Å². The van der Waals surface area contributed by atoms with Crippen LogP contribution in [0.15, 0.2) is 58.2 Å². The quantitative estimate of drug-likeness (QED) is 0.550. The van der Waals surface area contributed by atoms with Gasteiger partial charge in [0.2, 0.25) is 5.91 Å². The summed E-state index contributed by atoms with van der Waals surface area (Å²) in [5.74, 6) is 1.23. The SMILES string of the molecule is CCCN(Cc1nc2cc(Cl)ccc2c(=O)[nH]1)C(=O)CCSc1ccccc1. The van der Waals surface area contributed by atoms with Crippen molar-refractivity contribution in [2.24, 2.45) is 0 Å². The van der Waals surface area contributed by atoms with Crippen LogP contribution in [-0.4, -0.2) is 33.1 Å². The van der Waals surface area contributed by atoms with Crippen molar-refractivity contribution in [2.45, 2.75) is 31.2 Å². The average Bonchev–Trinajstić information content (AvgIpc) is 2.68. The van der Waals surface area contributed by atoms with E-state index in [1.54, 1.807) is 34.9 Å². The van der Waals surface area contributed by atoms with Gasteiger partial charge in [0.1, 0.15) is 5.82 Å². The van der Waals surface area contributed by atoms with Gasteiger partial charge in [-0.25, -0.2) is 4.98 Å². The molecule has 1 amide bonds. The molecule has 0 fully saturated rings. The minimum absolute atomic E-state index is 0.0547. The Hall–Kier alpha value is -2.31. The highest BCUT2D eigenvalue weighted by Gasteiger charge is 2.15. The number of nitrogens with one attached hydrogen (secondary N) is 1. The fraction of sp³-hybridized carbons (Fsp3) is 0.286. The van der Waals surface area contributed by atoms with Crippen molar-refractivity contribution in [3.8, 4) is 0 Å². The van der Waals surface area contributed by atoms with Gasteiger partial charge in [0.05, 0.1) is 17.4 Å². The topological polar surface area (TPSA) is 66.1 Å². The molecular weight excluding hydrogens is 394 g/mol. The number of carbonyl (C=O) groups is 1. The van der Waals surface area contributed by atoms with E-state index in [2.05, 4.69) is 9.97 Å². The minimum atomic E-state index is -0.222. The fourth-order valence-electron chi connectivity index (χ4n) is 2.91. The summed E-state index contributed by atoms with van der Waals surface area (Å²) in [6.07, 6.45) is 1.27. The summed E-state index contributed by atoms with van der Waals surface area (Å²) in [5.41, 5.74) is 0.315. The number of fused-ring (bicyclic) bond motifs is 1. The summed E-state index contributed by atoms with van der Waals surface area (Å²) in [4.78, 5) is 35.2. The predicted octanol–water partition coefficient (Wildman–Crippen LogP) is 4.50. The summed E-state index contributed by atoms with van der Waals surface area (Å²) >= 11 is 7.68. The Balaban J connectivity index is 1.69. The van der Waals surface area contributed by atoms with E-state index in [4.69, 9.17) is 11.6 Å². The maximum Gasteiger partial charge on any atom is 0.258 e. The first-order valence-corrected chi connectivity index (χ1v) is 10.6. The molecule has 0 atom stereocenters. The zero-order valence-corrected chi connectivity index (χ0v) is 17.2. The number of aromatic nitrogens is 2. The average molecular weight is 416 g/mol. The van der Waals surface area contributed by atoms with Crippen LogP contribution < -0.4 is 5.56 Å². The van der Waals surface area contributed by atoms with Gasteiger partial charge in [0.25, 0.3) is 5.56 Å². The van der Waals surface area contributed by atoms with Crippen molar-refractivity contribution in [3.63, 3.8) is 0 Å². The largest absolute Gasteiger partial charge is 0.335 e. The standard InChI is InChI=1S/C21H22ClN3O2S/c1-2-11-25(20(26)10-12-28-16-6-4-3-5-7-16)14-19-23-18-13-15(22)8-9-17(18)21(27)24-19/h3-9,13H,2,10-12,14H2,1H3,(H,23,24,27). The van der Waals surface area contributed by atoms with Gasteiger partial charge in [-0.15, -0.1) is 11.8 Å². The first kappa shape index (κ1) is 20.4. The zero-order valence-electron chi connectivity index (χ0n) is 15.7. The number of aromatic amines is 1. The first-order chi connectivity index (χ1) is 13.6. The van der Waals surface area contributed by atoms with Crippen molar-refractivity contribution in [2.75, 3.05) is 12.3 Å². The maximum absolute atomic E-state index is 12.7. The van der Waals surface area contributed by atoms with E-state index >= 15 is 0 Å². The Morgan fingerprint density at radius 2 is 2.00 bits per heavy atom. The lowest BCUT2D eigenvalue weighted by Gasteiger charge is -2.21. The summed E-state index contributed by atoms with van der Waals surface area (Å²) < 4.78 is 0. The van der Waals surface area contributed by atoms with Crippen LogP contribution in [-0.2, 0) is 11.3 Å². The van der Waals surface area contributed by atoms with Crippen molar-refractivity contribution in [3.05, 3.63) is 69.7 Å². The monoisotopic (exact) mass is 415 g/mol. The molecule has 0 bridgehead atoms. The van der Waals surface area contributed by atoms with Crippen LogP contribution >= 0.6 is 23.4 Å². The van der Waals surface area contributed by atoms with Crippen LogP contribution in [0.5, 0.6) is 0 Å². The minimum Gasteiger partial charge on any atom is -0.335 e. The van der Waals surface area contributed by atoms with Crippen molar-refractivity contribution in [1.29, 1.82) is 0 Å². The number of rotatable bonds is 8. The molecule has 0 unspecified atom stereocenters. The van der Waals surface area contributed by atoms with E-state index in [0.29, 0.717) is 40.5 Å². The van der Waals surface area contributed by atoms with Crippen molar-refractivity contribution in [1.82, 2.24) is 14.9 Å². The van der Waals surface area contributed by atoms with E-state index in [1.165, 1.54) is 0 Å². The van der Waals surface area contributed by atoms with Gasteiger partial charge in [-0.05, 0) is 36.8 Å². The van der Waals surface area contributed by atoms with Crippen LogP contribution in [0.25, 0.3) is 10.9 Å². The fourth-order valence-corrected chi connectivity index (χ4v) is 3.94. The lowest BCUT2D eigenvalue weighted by molar-refractivity contribution is -0.131. The molecule has 0 radical (unpaired) electrons. The van der Waals surface area contributed by atoms with Gasteiger partial charge in [-0.2, -0.15) is 0 Å². The summed E-state index contributed by atoms with van der Waals surface area (Å²) in [6, 6.07) is 15.0. The number of thioether (sulfide) groups is 1. The molecule has 1 aromatic heterocycles. The molecule has 0 saturated carbocycles. The number of benzene rings is 2. The predicted molar refractivity (Wildman–Crippen MR) is 115 cm³/mol. The van der Waals surface area contributed by atoms with Gasteiger partial charge >= 0.3 is 0 Å². The third-order valence-corrected chi connectivity index (χ3v) is 5.48. The Labute approximate surface area is 173 Å². The number of nitrogens with zero attached hydrogens (tertiary/aromatic N) is 2. The van der Waals surface area contributed by atoms with Gasteiger partial charge in [-0.3, -0.25) is 9.59 Å². The molecule has 0 spiro atoms. The van der Waals surface area contributed by atoms with Crippen LogP contribution in [0.3, 0.4) is 0 Å². The van der Waals surface area contributed by atoms with E-state index in [1.807, 2.05) is 37.3 Å². The Bertz CT molecular complexity index is 1010. The molecule has 7 heteroatoms. The summed E-state index contributed by atoms with van der Waals surface area (Å²) in [6.45, 7) is 2.92. The van der Waals surface area contributed by atoms with Crippen LogP contribution in [0.2, 0.25) is 5.02 Å². The molecule has 0 aliphatic carbocycles. The summed E-state index contributed by atoms with van der Waals surface area (Å²) in [5, 5.41) is 1.01. The number of hydrogen-bond acceptors (Lipinski definition) is 4. The highest BCUT2D eigenvalue weighted by Crippen LogP contribution is 2.19. The van der Waals surface area contributed by atoms with E-state index < -0.39 is 0 Å². The number of H-pyrrole nitrogens is 1. The van der Waals surface area contributed by atoms with Crippen LogP contribution in [0, 0.1) is 0 Å². The molecule has 146 valence electrons. The number of hydrogen-bond donors (Lipinski definition) is 1. The normalized spacial score (nSPS) is 10.9. The molecule has 28 heavy (non-hydrogen) atoms. The second-order valence-corrected chi connectivity index (χ2v) is 8.01.